The van der Waals surface area contributed by atoms with Gasteiger partial charge in [-0.05, 0) is 19.9 Å². The molecule has 2 aliphatic rings. The monoisotopic (exact) mass is 649 g/mol. The number of β-lactam (4-membered cyclic amide) rings is 1. The van der Waals surface area contributed by atoms with Gasteiger partial charge in [0.05, 0.1) is 6.07 Å². The second-order valence-electron chi connectivity index (χ2n) is 9.54. The SMILES string of the molecule is CCn1c(N)cc2c1ccc[n+]2CC1=C(C(=O)O)N2C(=O)C(NC(=O)/C(=N\O[C@@H](C)C(=O)O)c3nc(N)sc3Cl)C2SC1. The Bertz CT molecular complexity index is 1740. The molecule has 5 heterocycles. The number of hydrogen-bond donors (Lipinski definition) is 5. The van der Waals surface area contributed by atoms with E-state index in [0.29, 0.717) is 17.9 Å². The van der Waals surface area contributed by atoms with E-state index in [9.17, 15) is 24.3 Å². The molecule has 2 unspecified atom stereocenters. The van der Waals surface area contributed by atoms with Gasteiger partial charge in [-0.2, -0.15) is 4.57 Å². The van der Waals surface area contributed by atoms with Crippen molar-refractivity contribution in [3.63, 3.8) is 0 Å². The summed E-state index contributed by atoms with van der Waals surface area (Å²) in [6.45, 7) is 4.04. The van der Waals surface area contributed by atoms with Gasteiger partial charge in [0.1, 0.15) is 38.5 Å². The number of nitrogens with zero attached hydrogens (tertiary/aromatic N) is 5. The predicted octanol–water partition coefficient (Wildman–Crippen LogP) is 0.856. The quantitative estimate of drug-likeness (QED) is 0.0897. The number of carbonyl (C=O) groups is 4. The van der Waals surface area contributed by atoms with E-state index in [1.807, 2.05) is 40.5 Å². The van der Waals surface area contributed by atoms with Crippen LogP contribution in [-0.4, -0.2) is 77.4 Å². The van der Waals surface area contributed by atoms with Crippen LogP contribution in [0.25, 0.3) is 11.0 Å². The van der Waals surface area contributed by atoms with Crippen molar-refractivity contribution >= 4 is 86.1 Å². The number of aromatic nitrogens is 3. The van der Waals surface area contributed by atoms with E-state index in [1.54, 1.807) is 0 Å². The van der Waals surface area contributed by atoms with Crippen molar-refractivity contribution in [1.82, 2.24) is 19.8 Å². The first-order valence-electron chi connectivity index (χ1n) is 12.8. The maximum Gasteiger partial charge on any atom is 0.352 e. The molecule has 1 saturated heterocycles. The summed E-state index contributed by atoms with van der Waals surface area (Å²) in [5.41, 5.74) is 13.3. The molecule has 0 spiro atoms. The van der Waals surface area contributed by atoms with Gasteiger partial charge in [-0.15, -0.1) is 11.8 Å². The fraction of sp³-hybridized carbons (Fsp3) is 0.320. The van der Waals surface area contributed by atoms with Crippen molar-refractivity contribution in [2.24, 2.45) is 5.16 Å². The summed E-state index contributed by atoms with van der Waals surface area (Å²) in [5.74, 6) is -3.35. The molecule has 15 nitrogen and oxygen atoms in total. The van der Waals surface area contributed by atoms with Gasteiger partial charge in [-0.1, -0.05) is 28.1 Å². The Morgan fingerprint density at radius 1 is 1.35 bits per heavy atom. The van der Waals surface area contributed by atoms with Gasteiger partial charge >= 0.3 is 11.9 Å². The van der Waals surface area contributed by atoms with Crippen LogP contribution in [0, 0.1) is 0 Å². The van der Waals surface area contributed by atoms with Crippen LogP contribution >= 0.6 is 34.7 Å². The molecule has 18 heteroatoms. The topological polar surface area (TPSA) is 219 Å². The maximum absolute atomic E-state index is 13.3. The normalized spacial score (nSPS) is 19.2. The molecule has 43 heavy (non-hydrogen) atoms. The summed E-state index contributed by atoms with van der Waals surface area (Å²) in [6.07, 6.45) is 0.408. The molecule has 3 aromatic heterocycles. The van der Waals surface area contributed by atoms with E-state index >= 15 is 0 Å². The molecule has 3 aromatic rings. The van der Waals surface area contributed by atoms with Crippen LogP contribution in [0.1, 0.15) is 19.5 Å². The van der Waals surface area contributed by atoms with Crippen LogP contribution < -0.4 is 21.4 Å². The van der Waals surface area contributed by atoms with Gasteiger partial charge in [-0.3, -0.25) is 14.5 Å². The highest BCUT2D eigenvalue weighted by Gasteiger charge is 2.55. The van der Waals surface area contributed by atoms with E-state index < -0.39 is 47.0 Å². The zero-order valence-electron chi connectivity index (χ0n) is 22.7. The number of nitrogens with two attached hydrogens (primary N) is 2. The highest BCUT2D eigenvalue weighted by Crippen LogP contribution is 2.40. The lowest BCUT2D eigenvalue weighted by Gasteiger charge is -2.49. The lowest BCUT2D eigenvalue weighted by Crippen LogP contribution is -2.71. The number of thioether (sulfide) groups is 1. The molecular formula is C25H26ClN8O7S2+. The van der Waals surface area contributed by atoms with Gasteiger partial charge in [0.15, 0.2) is 23.6 Å². The number of anilines is 2. The number of pyridine rings is 1. The molecule has 0 saturated carbocycles. The minimum atomic E-state index is -1.41. The van der Waals surface area contributed by atoms with Gasteiger partial charge in [0.25, 0.3) is 11.8 Å². The number of thiazole rings is 1. The van der Waals surface area contributed by atoms with Crippen LogP contribution in [0.3, 0.4) is 0 Å². The van der Waals surface area contributed by atoms with Crippen molar-refractivity contribution in [2.75, 3.05) is 17.2 Å². The van der Waals surface area contributed by atoms with Crippen molar-refractivity contribution in [3.8, 4) is 0 Å². The fourth-order valence-electron chi connectivity index (χ4n) is 4.84. The number of hydrogen-bond acceptors (Lipinski definition) is 11. The summed E-state index contributed by atoms with van der Waals surface area (Å²) in [5, 5.41) is 24.7. The summed E-state index contributed by atoms with van der Waals surface area (Å²) in [4.78, 5) is 60.2. The molecule has 2 aliphatic heterocycles. The number of fused-ring (bicyclic) bond motifs is 2. The number of nitrogen functional groups attached to an aromatic ring is 2. The van der Waals surface area contributed by atoms with Crippen LogP contribution in [0.4, 0.5) is 10.9 Å². The Labute approximate surface area is 256 Å². The first-order chi connectivity index (χ1) is 20.4. The van der Waals surface area contributed by atoms with E-state index in [0.717, 1.165) is 27.3 Å². The Morgan fingerprint density at radius 3 is 2.72 bits per heavy atom. The standard InChI is InChI=1S/C25H25ClN8O7S2/c1-3-33-12-5-4-6-32(13(12)7-14(33)27)8-11-9-42-22-17(21(36)34(22)18(11)24(39)40)29-20(35)16(31-41-10(2)23(37)38)15-19(26)43-25(28)30-15/h4-7,10,17,22,27H,3,8-9H2,1-2H3,(H5,28,29,30,35,37,38,39,40)/p+1/b31-16-/t10-,17?,22?/m0/s1. The first kappa shape index (κ1) is 30.1. The third kappa shape index (κ3) is 5.46. The summed E-state index contributed by atoms with van der Waals surface area (Å²) in [6, 6.07) is 4.48. The van der Waals surface area contributed by atoms with Crippen molar-refractivity contribution in [2.45, 2.75) is 44.5 Å². The molecule has 1 fully saturated rings. The number of nitrogens with one attached hydrogen (secondary N) is 1. The highest BCUT2D eigenvalue weighted by molar-refractivity contribution is 8.00. The van der Waals surface area contributed by atoms with Crippen molar-refractivity contribution < 1.29 is 38.8 Å². The van der Waals surface area contributed by atoms with Gasteiger partial charge in [0, 0.05) is 23.9 Å². The maximum atomic E-state index is 13.3. The molecular weight excluding hydrogens is 624 g/mol. The zero-order valence-corrected chi connectivity index (χ0v) is 25.1. The second-order valence-corrected chi connectivity index (χ2v) is 12.3. The Hall–Kier alpha value is -4.35. The lowest BCUT2D eigenvalue weighted by atomic mass is 10.0. The van der Waals surface area contributed by atoms with E-state index in [-0.39, 0.29) is 33.2 Å². The Balaban J connectivity index is 1.40. The fourth-order valence-corrected chi connectivity index (χ4v) is 7.10. The van der Waals surface area contributed by atoms with E-state index in [2.05, 4.69) is 15.5 Å². The molecule has 0 radical (unpaired) electrons. The Morgan fingerprint density at radius 2 is 2.09 bits per heavy atom. The van der Waals surface area contributed by atoms with Crippen LogP contribution in [0.15, 0.2) is 40.8 Å². The lowest BCUT2D eigenvalue weighted by molar-refractivity contribution is -0.663. The molecule has 226 valence electrons. The van der Waals surface area contributed by atoms with Crippen LogP contribution in [0.5, 0.6) is 0 Å². The Kier molecular flexibility index (Phi) is 8.22. The number of halogens is 1. The smallest absolute Gasteiger partial charge is 0.352 e. The molecule has 2 amide bonds. The molecule has 3 atom stereocenters. The van der Waals surface area contributed by atoms with E-state index in [4.69, 9.17) is 33.0 Å². The average Bonchev–Trinajstić information content (AvgIpc) is 3.47. The van der Waals surface area contributed by atoms with Crippen LogP contribution in [0.2, 0.25) is 4.34 Å². The van der Waals surface area contributed by atoms with Crippen molar-refractivity contribution in [3.05, 3.63) is 45.7 Å². The summed E-state index contributed by atoms with van der Waals surface area (Å²) in [7, 11) is 0. The van der Waals surface area contributed by atoms with Crippen LogP contribution in [-0.2, 0) is 37.1 Å². The molecule has 5 rings (SSSR count). The van der Waals surface area contributed by atoms with Gasteiger partial charge < -0.3 is 36.4 Å². The highest BCUT2D eigenvalue weighted by atomic mass is 35.5. The zero-order chi connectivity index (χ0) is 31.2. The summed E-state index contributed by atoms with van der Waals surface area (Å²) >= 11 is 8.31. The van der Waals surface area contributed by atoms with Gasteiger partial charge in [-0.25, -0.2) is 14.6 Å². The second kappa shape index (κ2) is 11.7. The molecule has 0 aromatic carbocycles. The minimum Gasteiger partial charge on any atom is -0.478 e. The first-order valence-corrected chi connectivity index (χ1v) is 15.0. The van der Waals surface area contributed by atoms with Crippen molar-refractivity contribution in [1.29, 1.82) is 0 Å². The molecule has 0 bridgehead atoms. The number of carboxylic acid groups (broad SMARTS) is 2. The minimum absolute atomic E-state index is 0.00382. The number of rotatable bonds is 10. The third-order valence-corrected chi connectivity index (χ3v) is 9.31. The number of oxime groups is 1. The average molecular weight is 650 g/mol. The predicted molar refractivity (Wildman–Crippen MR) is 158 cm³/mol. The summed E-state index contributed by atoms with van der Waals surface area (Å²) < 4.78 is 3.81. The number of aliphatic carboxylic acids is 2. The number of aryl methyl sites for hydroxylation is 1. The molecule has 7 N–H and O–H groups in total. The molecule has 0 aliphatic carbocycles. The largest absolute Gasteiger partial charge is 0.478 e. The number of carbonyl (C=O) groups excluding carboxylic acids is 2. The number of amides is 2. The number of carboxylic acids is 2. The van der Waals surface area contributed by atoms with E-state index in [1.165, 1.54) is 18.7 Å². The third-order valence-electron chi connectivity index (χ3n) is 6.88. The van der Waals surface area contributed by atoms with Gasteiger partial charge in [0.2, 0.25) is 11.6 Å².